The zero-order valence-corrected chi connectivity index (χ0v) is 7.37. The molecule has 0 aliphatic carbocycles. The van der Waals surface area contributed by atoms with Gasteiger partial charge in [-0.05, 0) is 0 Å². The summed E-state index contributed by atoms with van der Waals surface area (Å²) in [7, 11) is 0. The molecule has 4 nitrogen and oxygen atoms in total. The number of hydrogen-bond donors (Lipinski definition) is 1. The molecule has 1 atom stereocenters. The molecule has 0 amide bonds. The third-order valence-corrected chi connectivity index (χ3v) is 2.67. The van der Waals surface area contributed by atoms with Gasteiger partial charge in [-0.3, -0.25) is 4.99 Å². The van der Waals surface area contributed by atoms with Crippen LogP contribution in [-0.4, -0.2) is 26.5 Å². The number of thioether (sulfide) groups is 1. The lowest BCUT2D eigenvalue weighted by molar-refractivity contribution is 0.603. The van der Waals surface area contributed by atoms with E-state index in [1.807, 2.05) is 10.8 Å². The second-order valence-electron chi connectivity index (χ2n) is 2.69. The van der Waals surface area contributed by atoms with E-state index in [1.165, 1.54) is 0 Å². The van der Waals surface area contributed by atoms with Crippen molar-refractivity contribution in [2.45, 2.75) is 12.6 Å². The Morgan fingerprint density at radius 3 is 3.25 bits per heavy atom. The van der Waals surface area contributed by atoms with E-state index in [-0.39, 0.29) is 0 Å². The number of amidine groups is 1. The first-order chi connectivity index (χ1) is 5.84. The average molecular weight is 182 g/mol. The number of aromatic nitrogens is 2. The van der Waals surface area contributed by atoms with Gasteiger partial charge >= 0.3 is 0 Å². The number of aliphatic imine (C=N–C) groups is 1. The second-order valence-corrected chi connectivity index (χ2v) is 3.73. The Bertz CT molecular complexity index is 280. The molecular formula is C7H10N4S. The van der Waals surface area contributed by atoms with Gasteiger partial charge in [0.2, 0.25) is 0 Å². The minimum Gasteiger partial charge on any atom is -0.379 e. The van der Waals surface area contributed by atoms with E-state index in [0.717, 1.165) is 12.3 Å². The predicted octanol–water partition coefficient (Wildman–Crippen LogP) is 0.313. The van der Waals surface area contributed by atoms with E-state index in [9.17, 15) is 0 Å². The normalized spacial score (nSPS) is 22.7. The van der Waals surface area contributed by atoms with Crippen molar-refractivity contribution in [3.8, 4) is 0 Å². The lowest BCUT2D eigenvalue weighted by Gasteiger charge is -2.04. The maximum atomic E-state index is 5.54. The molecule has 12 heavy (non-hydrogen) atoms. The summed E-state index contributed by atoms with van der Waals surface area (Å²) < 4.78 is 2.02. The van der Waals surface area contributed by atoms with Gasteiger partial charge in [0.1, 0.15) is 0 Å². The molecule has 0 radical (unpaired) electrons. The SMILES string of the molecule is NC1=NC(Cn2ccnc2)CS1. The van der Waals surface area contributed by atoms with E-state index in [0.29, 0.717) is 11.2 Å². The van der Waals surface area contributed by atoms with Crippen LogP contribution in [0.25, 0.3) is 0 Å². The van der Waals surface area contributed by atoms with E-state index in [1.54, 1.807) is 24.3 Å². The maximum Gasteiger partial charge on any atom is 0.154 e. The Morgan fingerprint density at radius 2 is 2.67 bits per heavy atom. The molecule has 0 spiro atoms. The summed E-state index contributed by atoms with van der Waals surface area (Å²) >= 11 is 1.62. The number of hydrogen-bond acceptors (Lipinski definition) is 4. The molecule has 2 N–H and O–H groups in total. The molecule has 1 unspecified atom stereocenters. The Hall–Kier alpha value is -0.970. The fourth-order valence-corrected chi connectivity index (χ4v) is 1.93. The molecule has 0 saturated carbocycles. The molecule has 1 aliphatic rings. The first kappa shape index (κ1) is 7.67. The van der Waals surface area contributed by atoms with Crippen LogP contribution in [0.4, 0.5) is 0 Å². The summed E-state index contributed by atoms with van der Waals surface area (Å²) in [5.74, 6) is 0.990. The van der Waals surface area contributed by atoms with Gasteiger partial charge in [0, 0.05) is 24.7 Å². The molecule has 64 valence electrons. The van der Waals surface area contributed by atoms with E-state index >= 15 is 0 Å². The van der Waals surface area contributed by atoms with Gasteiger partial charge in [-0.15, -0.1) is 0 Å². The predicted molar refractivity (Wildman–Crippen MR) is 50.1 cm³/mol. The topological polar surface area (TPSA) is 56.2 Å². The molecule has 0 bridgehead atoms. The maximum absolute atomic E-state index is 5.54. The minimum atomic E-state index is 0.323. The fraction of sp³-hybridized carbons (Fsp3) is 0.429. The molecule has 0 fully saturated rings. The summed E-state index contributed by atoms with van der Waals surface area (Å²) in [5.41, 5.74) is 5.54. The smallest absolute Gasteiger partial charge is 0.154 e. The number of imidazole rings is 1. The van der Waals surface area contributed by atoms with Crippen LogP contribution in [0.1, 0.15) is 0 Å². The molecule has 2 rings (SSSR count). The van der Waals surface area contributed by atoms with E-state index < -0.39 is 0 Å². The average Bonchev–Trinajstić information content (AvgIpc) is 2.63. The Morgan fingerprint density at radius 1 is 1.75 bits per heavy atom. The zero-order chi connectivity index (χ0) is 8.39. The van der Waals surface area contributed by atoms with Crippen molar-refractivity contribution in [1.82, 2.24) is 9.55 Å². The van der Waals surface area contributed by atoms with Crippen LogP contribution in [0.5, 0.6) is 0 Å². The van der Waals surface area contributed by atoms with Gasteiger partial charge in [0.15, 0.2) is 5.17 Å². The van der Waals surface area contributed by atoms with Crippen LogP contribution in [0.2, 0.25) is 0 Å². The highest BCUT2D eigenvalue weighted by Gasteiger charge is 2.15. The molecule has 1 aliphatic heterocycles. The summed E-state index contributed by atoms with van der Waals surface area (Å²) in [5, 5.41) is 0.708. The Labute approximate surface area is 74.9 Å². The van der Waals surface area contributed by atoms with Crippen LogP contribution in [0.15, 0.2) is 23.7 Å². The van der Waals surface area contributed by atoms with Gasteiger partial charge in [0.25, 0.3) is 0 Å². The number of rotatable bonds is 2. The summed E-state index contributed by atoms with van der Waals surface area (Å²) in [6.45, 7) is 0.883. The quantitative estimate of drug-likeness (QED) is 0.716. The van der Waals surface area contributed by atoms with Crippen LogP contribution in [-0.2, 0) is 6.54 Å². The molecule has 0 saturated heterocycles. The highest BCUT2D eigenvalue weighted by molar-refractivity contribution is 8.14. The monoisotopic (exact) mass is 182 g/mol. The van der Waals surface area contributed by atoms with Crippen molar-refractivity contribution >= 4 is 16.9 Å². The second kappa shape index (κ2) is 3.18. The molecule has 0 aromatic carbocycles. The van der Waals surface area contributed by atoms with Gasteiger partial charge in [-0.1, -0.05) is 11.8 Å². The van der Waals surface area contributed by atoms with Gasteiger partial charge in [-0.25, -0.2) is 4.98 Å². The van der Waals surface area contributed by atoms with Crippen LogP contribution < -0.4 is 5.73 Å². The molecule has 2 heterocycles. The highest BCUT2D eigenvalue weighted by atomic mass is 32.2. The highest BCUT2D eigenvalue weighted by Crippen LogP contribution is 2.15. The standard InChI is InChI=1S/C7H10N4S/c8-7-10-6(4-12-7)3-11-2-1-9-5-11/h1-2,5-6H,3-4H2,(H2,8,10). The van der Waals surface area contributed by atoms with Gasteiger partial charge in [-0.2, -0.15) is 0 Å². The van der Waals surface area contributed by atoms with Crippen molar-refractivity contribution in [2.24, 2.45) is 10.7 Å². The molecular weight excluding hydrogens is 172 g/mol. The zero-order valence-electron chi connectivity index (χ0n) is 6.55. The van der Waals surface area contributed by atoms with E-state index in [2.05, 4.69) is 9.98 Å². The van der Waals surface area contributed by atoms with Crippen molar-refractivity contribution < 1.29 is 0 Å². The van der Waals surface area contributed by atoms with Crippen molar-refractivity contribution in [2.75, 3.05) is 5.75 Å². The third-order valence-electron chi connectivity index (χ3n) is 1.71. The van der Waals surface area contributed by atoms with Crippen LogP contribution >= 0.6 is 11.8 Å². The lowest BCUT2D eigenvalue weighted by Crippen LogP contribution is -2.13. The summed E-state index contributed by atoms with van der Waals surface area (Å²) in [6.07, 6.45) is 5.51. The molecule has 1 aromatic heterocycles. The first-order valence-corrected chi connectivity index (χ1v) is 4.75. The Balaban J connectivity index is 1.97. The van der Waals surface area contributed by atoms with Crippen molar-refractivity contribution in [3.05, 3.63) is 18.7 Å². The largest absolute Gasteiger partial charge is 0.379 e. The number of nitrogens with two attached hydrogens (primary N) is 1. The molecule has 1 aromatic rings. The van der Waals surface area contributed by atoms with Crippen molar-refractivity contribution in [1.29, 1.82) is 0 Å². The van der Waals surface area contributed by atoms with Crippen molar-refractivity contribution in [3.63, 3.8) is 0 Å². The van der Waals surface area contributed by atoms with Gasteiger partial charge < -0.3 is 10.3 Å². The summed E-state index contributed by atoms with van der Waals surface area (Å²) in [4.78, 5) is 8.23. The van der Waals surface area contributed by atoms with E-state index in [4.69, 9.17) is 5.73 Å². The minimum absolute atomic E-state index is 0.323. The third kappa shape index (κ3) is 1.61. The fourth-order valence-electron chi connectivity index (χ4n) is 1.17. The van der Waals surface area contributed by atoms with Crippen LogP contribution in [0.3, 0.4) is 0 Å². The van der Waals surface area contributed by atoms with Gasteiger partial charge in [0.05, 0.1) is 12.4 Å². The van der Waals surface area contributed by atoms with Crippen LogP contribution in [0, 0.1) is 0 Å². The first-order valence-electron chi connectivity index (χ1n) is 3.76. The lowest BCUT2D eigenvalue weighted by atomic mass is 10.3. The molecule has 5 heteroatoms. The number of nitrogens with zero attached hydrogens (tertiary/aromatic N) is 3. The summed E-state index contributed by atoms with van der Waals surface area (Å²) in [6, 6.07) is 0.323. The Kier molecular flexibility index (Phi) is 2.03.